The zero-order chi connectivity index (χ0) is 19.2. The monoisotopic (exact) mass is 372 g/mol. The highest BCUT2D eigenvalue weighted by Gasteiger charge is 2.60. The van der Waals surface area contributed by atoms with E-state index in [9.17, 15) is 4.79 Å². The Kier molecular flexibility index (Phi) is 5.54. The Balaban J connectivity index is 1.53. The molecule has 1 nitrogen and oxygen atoms in total. The molecule has 4 saturated carbocycles. The summed E-state index contributed by atoms with van der Waals surface area (Å²) in [6.07, 6.45) is 17.2. The molecule has 2 unspecified atom stereocenters. The summed E-state index contributed by atoms with van der Waals surface area (Å²) in [6, 6.07) is 0. The maximum Gasteiger partial charge on any atom is 0.136 e. The zero-order valence-electron chi connectivity index (χ0n) is 18.6. The van der Waals surface area contributed by atoms with E-state index in [0.29, 0.717) is 28.4 Å². The fourth-order valence-electron chi connectivity index (χ4n) is 8.93. The molecule has 0 aromatic heterocycles. The average Bonchev–Trinajstić information content (AvgIpc) is 2.99. The van der Waals surface area contributed by atoms with Crippen LogP contribution in [0.3, 0.4) is 0 Å². The van der Waals surface area contributed by atoms with Gasteiger partial charge in [0.05, 0.1) is 0 Å². The van der Waals surface area contributed by atoms with E-state index < -0.39 is 0 Å². The molecule has 4 fully saturated rings. The van der Waals surface area contributed by atoms with E-state index in [1.165, 1.54) is 77.0 Å². The third kappa shape index (κ3) is 3.14. The summed E-state index contributed by atoms with van der Waals surface area (Å²) in [4.78, 5) is 12.9. The molecule has 154 valence electrons. The molecule has 27 heavy (non-hydrogen) atoms. The molecule has 0 bridgehead atoms. The van der Waals surface area contributed by atoms with Gasteiger partial charge < -0.3 is 0 Å². The predicted molar refractivity (Wildman–Crippen MR) is 114 cm³/mol. The molecule has 0 aromatic carbocycles. The Labute approximate surface area is 168 Å². The highest BCUT2D eigenvalue weighted by atomic mass is 16.1. The molecule has 0 N–H and O–H groups in total. The van der Waals surface area contributed by atoms with Gasteiger partial charge in [-0.05, 0) is 91.8 Å². The Morgan fingerprint density at radius 3 is 2.44 bits per heavy atom. The summed E-state index contributed by atoms with van der Waals surface area (Å²) in [6.45, 7) is 9.98. The Hall–Kier alpha value is -0.330. The Morgan fingerprint density at radius 1 is 0.926 bits per heavy atom. The summed E-state index contributed by atoms with van der Waals surface area (Å²) >= 11 is 0. The lowest BCUT2D eigenvalue weighted by Crippen LogP contribution is -2.54. The van der Waals surface area contributed by atoms with Crippen LogP contribution in [0.25, 0.3) is 0 Å². The van der Waals surface area contributed by atoms with Gasteiger partial charge in [0.15, 0.2) is 0 Å². The molecule has 4 aliphatic rings. The quantitative estimate of drug-likeness (QED) is 0.458. The minimum absolute atomic E-state index is 0.386. The number of Topliss-reactive ketones (excluding diaryl/α,β-unsaturated/α-hetero) is 1. The molecule has 0 amide bonds. The van der Waals surface area contributed by atoms with Crippen molar-refractivity contribution < 1.29 is 4.79 Å². The van der Waals surface area contributed by atoms with Gasteiger partial charge in [-0.15, -0.1) is 0 Å². The second kappa shape index (κ2) is 7.49. The van der Waals surface area contributed by atoms with Crippen LogP contribution < -0.4 is 0 Å². The SMILES string of the molecule is CCCCCC1C[C@@]2(C)C(CC[C@@H]3[C@H]2CC[C@]2(C)[C@@H](CC)CC[C@@H]32)CC1=O. The average molecular weight is 373 g/mol. The Morgan fingerprint density at radius 2 is 1.70 bits per heavy atom. The smallest absolute Gasteiger partial charge is 0.136 e. The highest BCUT2D eigenvalue weighted by molar-refractivity contribution is 5.82. The summed E-state index contributed by atoms with van der Waals surface area (Å²) in [5.41, 5.74) is 1.09. The van der Waals surface area contributed by atoms with Crippen molar-refractivity contribution in [2.24, 2.45) is 46.3 Å². The lowest BCUT2D eigenvalue weighted by molar-refractivity contribution is -0.148. The molecule has 0 spiro atoms. The van der Waals surface area contributed by atoms with Gasteiger partial charge in [0.25, 0.3) is 0 Å². The number of carbonyl (C=O) groups excluding carboxylic acids is 1. The fraction of sp³-hybridized carbons (Fsp3) is 0.962. The van der Waals surface area contributed by atoms with Gasteiger partial charge >= 0.3 is 0 Å². The van der Waals surface area contributed by atoms with Crippen molar-refractivity contribution in [1.29, 1.82) is 0 Å². The largest absolute Gasteiger partial charge is 0.299 e. The maximum atomic E-state index is 12.9. The topological polar surface area (TPSA) is 17.1 Å². The Bertz CT molecular complexity index is 552. The van der Waals surface area contributed by atoms with Crippen LogP contribution in [0.1, 0.15) is 111 Å². The lowest BCUT2D eigenvalue weighted by atomic mass is 9.43. The van der Waals surface area contributed by atoms with E-state index in [-0.39, 0.29) is 0 Å². The molecule has 8 atom stereocenters. The minimum atomic E-state index is 0.386. The van der Waals surface area contributed by atoms with E-state index in [1.807, 2.05) is 0 Å². The van der Waals surface area contributed by atoms with Crippen LogP contribution in [0, 0.1) is 46.3 Å². The third-order valence-electron chi connectivity index (χ3n) is 10.5. The number of hydrogen-bond acceptors (Lipinski definition) is 1. The predicted octanol–water partition coefficient (Wildman–Crippen LogP) is 7.43. The molecule has 0 radical (unpaired) electrons. The number of fused-ring (bicyclic) bond motifs is 5. The van der Waals surface area contributed by atoms with Gasteiger partial charge in [0.1, 0.15) is 5.78 Å². The number of rotatable bonds is 5. The van der Waals surface area contributed by atoms with E-state index >= 15 is 0 Å². The van der Waals surface area contributed by atoms with Crippen molar-refractivity contribution in [2.45, 2.75) is 111 Å². The summed E-state index contributed by atoms with van der Waals surface area (Å²) in [5, 5.41) is 0. The molecule has 1 heteroatoms. The second-order valence-corrected chi connectivity index (χ2v) is 11.5. The van der Waals surface area contributed by atoms with Crippen LogP contribution in [0.15, 0.2) is 0 Å². The van der Waals surface area contributed by atoms with E-state index in [1.54, 1.807) is 0 Å². The van der Waals surface area contributed by atoms with Crippen molar-refractivity contribution in [1.82, 2.24) is 0 Å². The summed E-state index contributed by atoms with van der Waals surface area (Å²) < 4.78 is 0. The number of unbranched alkanes of at least 4 members (excludes halogenated alkanes) is 2. The van der Waals surface area contributed by atoms with Crippen molar-refractivity contribution in [3.8, 4) is 0 Å². The van der Waals surface area contributed by atoms with Crippen LogP contribution in [-0.2, 0) is 4.79 Å². The number of ketones is 1. The van der Waals surface area contributed by atoms with Crippen molar-refractivity contribution >= 4 is 5.78 Å². The lowest BCUT2D eigenvalue weighted by Gasteiger charge is -2.61. The first-order chi connectivity index (χ1) is 12.9. The van der Waals surface area contributed by atoms with Gasteiger partial charge in [-0.2, -0.15) is 0 Å². The van der Waals surface area contributed by atoms with Gasteiger partial charge in [-0.1, -0.05) is 53.4 Å². The van der Waals surface area contributed by atoms with Crippen LogP contribution >= 0.6 is 0 Å². The van der Waals surface area contributed by atoms with Gasteiger partial charge in [0, 0.05) is 12.3 Å². The van der Waals surface area contributed by atoms with Crippen molar-refractivity contribution in [3.63, 3.8) is 0 Å². The minimum Gasteiger partial charge on any atom is -0.299 e. The van der Waals surface area contributed by atoms with Crippen LogP contribution in [0.5, 0.6) is 0 Å². The van der Waals surface area contributed by atoms with Crippen LogP contribution in [-0.4, -0.2) is 5.78 Å². The standard InChI is InChI=1S/C26H44O/c1-5-7-8-9-18-17-26(4)20(16-24(18)27)10-12-21-22-13-11-19(6-2)25(22,3)15-14-23(21)26/h18-23H,5-17H2,1-4H3/t18?,19-,20?,21-,22-,23+,25+,26-/m0/s1. The molecule has 0 aromatic rings. The molecule has 4 rings (SSSR count). The molecule has 4 aliphatic carbocycles. The molecule has 0 aliphatic heterocycles. The van der Waals surface area contributed by atoms with Gasteiger partial charge in [0.2, 0.25) is 0 Å². The summed E-state index contributed by atoms with van der Waals surface area (Å²) in [5.74, 6) is 5.54. The molecular weight excluding hydrogens is 328 g/mol. The normalized spacial score (nSPS) is 49.4. The molecule has 0 heterocycles. The van der Waals surface area contributed by atoms with Crippen molar-refractivity contribution in [2.75, 3.05) is 0 Å². The maximum absolute atomic E-state index is 12.9. The molecular formula is C26H44O. The van der Waals surface area contributed by atoms with Crippen molar-refractivity contribution in [3.05, 3.63) is 0 Å². The van der Waals surface area contributed by atoms with Crippen LogP contribution in [0.2, 0.25) is 0 Å². The van der Waals surface area contributed by atoms with Gasteiger partial charge in [-0.25, -0.2) is 0 Å². The summed E-state index contributed by atoms with van der Waals surface area (Å²) in [7, 11) is 0. The first-order valence-corrected chi connectivity index (χ1v) is 12.5. The highest BCUT2D eigenvalue weighted by Crippen LogP contribution is 2.68. The first-order valence-electron chi connectivity index (χ1n) is 12.5. The number of hydrogen-bond donors (Lipinski definition) is 0. The van der Waals surface area contributed by atoms with E-state index in [4.69, 9.17) is 0 Å². The third-order valence-corrected chi connectivity index (χ3v) is 10.5. The van der Waals surface area contributed by atoms with Gasteiger partial charge in [-0.3, -0.25) is 4.79 Å². The van der Waals surface area contributed by atoms with Crippen LogP contribution in [0.4, 0.5) is 0 Å². The fourth-order valence-corrected chi connectivity index (χ4v) is 8.93. The molecule has 0 saturated heterocycles. The second-order valence-electron chi connectivity index (χ2n) is 11.5. The first kappa shape index (κ1) is 20.0. The van der Waals surface area contributed by atoms with E-state index in [2.05, 4.69) is 27.7 Å². The zero-order valence-corrected chi connectivity index (χ0v) is 18.6. The number of carbonyl (C=O) groups is 1. The van der Waals surface area contributed by atoms with E-state index in [0.717, 1.165) is 30.1 Å².